The molecule has 2 N–H and O–H groups in total. The third kappa shape index (κ3) is 35.1. The fraction of sp³-hybridized carbons (Fsp3) is 0.784. The van der Waals surface area contributed by atoms with Crippen LogP contribution in [0, 0.1) is 0 Å². The van der Waals surface area contributed by atoms with Crippen molar-refractivity contribution >= 4 is 19.8 Å². The highest BCUT2D eigenvalue weighted by Gasteiger charge is 2.22. The van der Waals surface area contributed by atoms with E-state index >= 15 is 0 Å². The Morgan fingerprint density at radius 3 is 1.52 bits per heavy atom. The number of rotatable bonds is 33. The van der Waals surface area contributed by atoms with E-state index in [2.05, 4.69) is 54.8 Å². The number of unbranched alkanes of at least 4 members (excludes halogenated alkanes) is 17. The minimum Gasteiger partial charge on any atom is -0.462 e. The highest BCUT2D eigenvalue weighted by Crippen LogP contribution is 2.36. The summed E-state index contributed by atoms with van der Waals surface area (Å²) in [5, 5.41) is 0. The monoisotopic (exact) mass is 670 g/mol. The van der Waals surface area contributed by atoms with Crippen LogP contribution in [0.3, 0.4) is 0 Å². The second kappa shape index (κ2) is 33.2. The van der Waals surface area contributed by atoms with Crippen molar-refractivity contribution in [2.24, 2.45) is 0 Å². The first-order valence-corrected chi connectivity index (χ1v) is 19.8. The zero-order valence-corrected chi connectivity index (χ0v) is 30.1. The lowest BCUT2D eigenvalue weighted by Gasteiger charge is -2.18. The van der Waals surface area contributed by atoms with Gasteiger partial charge in [-0.3, -0.25) is 14.1 Å². The van der Waals surface area contributed by atoms with E-state index < -0.39 is 32.5 Å². The molecule has 0 aromatic rings. The molecular weight excluding hydrogens is 603 g/mol. The van der Waals surface area contributed by atoms with Crippen molar-refractivity contribution in [1.82, 2.24) is 0 Å². The van der Waals surface area contributed by atoms with Crippen LogP contribution in [-0.2, 0) is 28.2 Å². The fourth-order valence-electron chi connectivity index (χ4n) is 4.85. The Bertz CT molecular complexity index is 848. The number of hydrogen-bond acceptors (Lipinski definition) is 6. The van der Waals surface area contributed by atoms with Crippen LogP contribution in [0.5, 0.6) is 0 Å². The van der Waals surface area contributed by atoms with E-state index in [4.69, 9.17) is 19.3 Å². The summed E-state index contributed by atoms with van der Waals surface area (Å²) >= 11 is 0. The molecule has 0 unspecified atom stereocenters. The zero-order chi connectivity index (χ0) is 34.0. The second-order valence-electron chi connectivity index (χ2n) is 12.2. The third-order valence-electron chi connectivity index (χ3n) is 7.63. The van der Waals surface area contributed by atoms with Gasteiger partial charge in [-0.15, -0.1) is 0 Å². The number of carbonyl (C=O) groups excluding carboxylic acids is 2. The molecule has 9 heteroatoms. The van der Waals surface area contributed by atoms with Gasteiger partial charge in [0.2, 0.25) is 0 Å². The van der Waals surface area contributed by atoms with Crippen molar-refractivity contribution in [1.29, 1.82) is 0 Å². The molecule has 0 aromatic carbocycles. The molecule has 0 amide bonds. The summed E-state index contributed by atoms with van der Waals surface area (Å²) in [4.78, 5) is 42.6. The van der Waals surface area contributed by atoms with Crippen LogP contribution in [-0.4, -0.2) is 41.0 Å². The highest BCUT2D eigenvalue weighted by molar-refractivity contribution is 7.46. The molecule has 0 fully saturated rings. The fourth-order valence-corrected chi connectivity index (χ4v) is 5.21. The summed E-state index contributed by atoms with van der Waals surface area (Å²) in [5.74, 6) is -0.907. The smallest absolute Gasteiger partial charge is 0.462 e. The van der Waals surface area contributed by atoms with Crippen molar-refractivity contribution in [2.75, 3.05) is 13.2 Å². The van der Waals surface area contributed by atoms with Crippen molar-refractivity contribution < 1.29 is 37.9 Å². The van der Waals surface area contributed by atoms with Crippen LogP contribution in [0.15, 0.2) is 36.5 Å². The van der Waals surface area contributed by atoms with Gasteiger partial charge < -0.3 is 19.3 Å². The van der Waals surface area contributed by atoms with Crippen molar-refractivity contribution in [3.63, 3.8) is 0 Å². The van der Waals surface area contributed by atoms with Gasteiger partial charge in [0.25, 0.3) is 0 Å². The van der Waals surface area contributed by atoms with Gasteiger partial charge in [0.05, 0.1) is 6.61 Å². The summed E-state index contributed by atoms with van der Waals surface area (Å²) in [5.41, 5.74) is 0. The minimum absolute atomic E-state index is 0.199. The second-order valence-corrected chi connectivity index (χ2v) is 13.4. The Kier molecular flexibility index (Phi) is 31.9. The van der Waals surface area contributed by atoms with Gasteiger partial charge in [0, 0.05) is 12.8 Å². The third-order valence-corrected chi connectivity index (χ3v) is 8.12. The Balaban J connectivity index is 3.98. The van der Waals surface area contributed by atoms with Gasteiger partial charge in [0.1, 0.15) is 6.61 Å². The Hall–Kier alpha value is -1.73. The highest BCUT2D eigenvalue weighted by atomic mass is 31.2. The first-order chi connectivity index (χ1) is 22.3. The number of phosphoric ester groups is 1. The molecule has 268 valence electrons. The van der Waals surface area contributed by atoms with Gasteiger partial charge in [0.15, 0.2) is 6.10 Å². The molecule has 0 aromatic heterocycles. The molecule has 46 heavy (non-hydrogen) atoms. The van der Waals surface area contributed by atoms with Gasteiger partial charge in [-0.05, 0) is 64.2 Å². The Labute approximate surface area is 281 Å². The molecular formula is C37H67O8P. The molecule has 0 aliphatic rings. The van der Waals surface area contributed by atoms with Crippen LogP contribution >= 0.6 is 7.82 Å². The van der Waals surface area contributed by atoms with Crippen molar-refractivity contribution in [3.05, 3.63) is 36.5 Å². The van der Waals surface area contributed by atoms with Crippen LogP contribution in [0.25, 0.3) is 0 Å². The minimum atomic E-state index is -4.75. The zero-order valence-electron chi connectivity index (χ0n) is 29.2. The molecule has 0 aliphatic heterocycles. The number of esters is 2. The average Bonchev–Trinajstić information content (AvgIpc) is 3.02. The standard InChI is InChI=1S/C37H67O8P/c1-3-5-7-9-11-13-15-16-17-18-19-20-22-23-25-27-29-31-36(38)43-33-35(34-44-46(40,41)42)45-37(39)32-30-28-26-24-21-14-12-10-8-6-4-2/h10-13,16-17,35H,3-9,14-15,18-34H2,1-2H3,(H2,40,41,42)/b12-10-,13-11-,17-16-/t35-/m1/s1. The molecule has 1 atom stereocenters. The number of ether oxygens (including phenoxy) is 2. The molecule has 0 spiro atoms. The van der Waals surface area contributed by atoms with E-state index in [9.17, 15) is 14.2 Å². The number of hydrogen-bond donors (Lipinski definition) is 2. The maximum absolute atomic E-state index is 12.3. The quantitative estimate of drug-likeness (QED) is 0.0306. The predicted molar refractivity (Wildman–Crippen MR) is 188 cm³/mol. The van der Waals surface area contributed by atoms with E-state index in [0.717, 1.165) is 70.6 Å². The lowest BCUT2D eigenvalue weighted by molar-refractivity contribution is -0.161. The van der Waals surface area contributed by atoms with Gasteiger partial charge in [-0.2, -0.15) is 0 Å². The SMILES string of the molecule is CCCC/C=C\CCCCCCCC(=O)O[C@H](COC(=O)CCCCCCCCC/C=C\C/C=C\CCCCC)COP(=O)(O)O. The van der Waals surface area contributed by atoms with E-state index in [0.29, 0.717) is 12.8 Å². The summed E-state index contributed by atoms with van der Waals surface area (Å²) in [6.45, 7) is 3.59. The van der Waals surface area contributed by atoms with Gasteiger partial charge in [-0.1, -0.05) is 127 Å². The van der Waals surface area contributed by atoms with E-state index in [1.807, 2.05) is 0 Å². The molecule has 0 saturated heterocycles. The Morgan fingerprint density at radius 2 is 1.00 bits per heavy atom. The maximum atomic E-state index is 12.3. The number of carbonyl (C=O) groups is 2. The van der Waals surface area contributed by atoms with Gasteiger partial charge in [-0.25, -0.2) is 4.57 Å². The molecule has 0 aliphatic carbocycles. The molecule has 0 bridgehead atoms. The van der Waals surface area contributed by atoms with Crippen molar-refractivity contribution in [2.45, 2.75) is 174 Å². The van der Waals surface area contributed by atoms with E-state index in [-0.39, 0.29) is 19.4 Å². The maximum Gasteiger partial charge on any atom is 0.469 e. The predicted octanol–water partition coefficient (Wildman–Crippen LogP) is 10.6. The van der Waals surface area contributed by atoms with Crippen LogP contribution in [0.1, 0.15) is 168 Å². The number of phosphoric acid groups is 1. The summed E-state index contributed by atoms with van der Waals surface area (Å²) in [7, 11) is -4.75. The van der Waals surface area contributed by atoms with E-state index in [1.165, 1.54) is 57.8 Å². The van der Waals surface area contributed by atoms with Crippen molar-refractivity contribution in [3.8, 4) is 0 Å². The largest absolute Gasteiger partial charge is 0.469 e. The normalized spacial score (nSPS) is 12.9. The molecule has 8 nitrogen and oxygen atoms in total. The van der Waals surface area contributed by atoms with Crippen LogP contribution in [0.4, 0.5) is 0 Å². The summed E-state index contributed by atoms with van der Waals surface area (Å²) in [6.07, 6.45) is 37.2. The van der Waals surface area contributed by atoms with Gasteiger partial charge >= 0.3 is 19.8 Å². The average molecular weight is 671 g/mol. The summed E-state index contributed by atoms with van der Waals surface area (Å²) < 4.78 is 26.2. The molecule has 0 saturated carbocycles. The summed E-state index contributed by atoms with van der Waals surface area (Å²) in [6, 6.07) is 0. The lowest BCUT2D eigenvalue weighted by Crippen LogP contribution is -2.29. The molecule has 0 heterocycles. The Morgan fingerprint density at radius 1 is 0.565 bits per heavy atom. The number of allylic oxidation sites excluding steroid dienone is 6. The topological polar surface area (TPSA) is 119 Å². The first-order valence-electron chi connectivity index (χ1n) is 18.3. The van der Waals surface area contributed by atoms with Crippen LogP contribution < -0.4 is 0 Å². The lowest BCUT2D eigenvalue weighted by atomic mass is 10.1. The first kappa shape index (κ1) is 44.3. The molecule has 0 rings (SSSR count). The van der Waals surface area contributed by atoms with E-state index in [1.54, 1.807) is 0 Å². The van der Waals surface area contributed by atoms with Crippen LogP contribution in [0.2, 0.25) is 0 Å². The molecule has 0 radical (unpaired) electrons.